The van der Waals surface area contributed by atoms with E-state index >= 15 is 0 Å². The lowest BCUT2D eigenvalue weighted by Gasteiger charge is -2.28. The van der Waals surface area contributed by atoms with Crippen molar-refractivity contribution in [3.05, 3.63) is 60.8 Å². The SMILES string of the molecule is CC/C=C\C/C=C\C/C=C\C/C=C\C/C=C\CCCCCCCCCCOCC(COP(=O)([O-])OCC[N+](C)(C)C)OC(=O)CCCCCCCCCCCCCCCCCC. The minimum absolute atomic E-state index is 0.0234. The molecule has 8 nitrogen and oxygen atoms in total. The monoisotopic (exact) mass is 892 g/mol. The van der Waals surface area contributed by atoms with Gasteiger partial charge < -0.3 is 27.9 Å². The smallest absolute Gasteiger partial charge is 0.306 e. The van der Waals surface area contributed by atoms with Crippen LogP contribution in [0.5, 0.6) is 0 Å². The molecule has 0 amide bonds. The molecule has 0 aromatic rings. The van der Waals surface area contributed by atoms with Crippen LogP contribution in [0.1, 0.15) is 213 Å². The average molecular weight is 892 g/mol. The number of carbonyl (C=O) groups excluding carboxylic acids is 1. The second-order valence-electron chi connectivity index (χ2n) is 18.2. The molecule has 0 aliphatic rings. The predicted octanol–water partition coefficient (Wildman–Crippen LogP) is 15.0. The number of esters is 1. The van der Waals surface area contributed by atoms with Gasteiger partial charge in [-0.2, -0.15) is 0 Å². The third kappa shape index (κ3) is 49.2. The fourth-order valence-corrected chi connectivity index (χ4v) is 7.66. The summed E-state index contributed by atoms with van der Waals surface area (Å²) in [5.41, 5.74) is 0. The highest BCUT2D eigenvalue weighted by Gasteiger charge is 2.20. The zero-order chi connectivity index (χ0) is 45.5. The number of allylic oxidation sites excluding steroid dienone is 10. The maximum absolute atomic E-state index is 12.7. The fraction of sp³-hybridized carbons (Fsp3) is 0.792. The first-order chi connectivity index (χ1) is 30.1. The van der Waals surface area contributed by atoms with Crippen molar-refractivity contribution in [2.75, 3.05) is 54.1 Å². The van der Waals surface area contributed by atoms with Crippen molar-refractivity contribution < 1.29 is 37.3 Å². The summed E-state index contributed by atoms with van der Waals surface area (Å²) in [7, 11) is 1.35. The van der Waals surface area contributed by atoms with Gasteiger partial charge in [0, 0.05) is 13.0 Å². The Bertz CT molecular complexity index is 1170. The molecule has 0 fully saturated rings. The molecule has 0 saturated carbocycles. The lowest BCUT2D eigenvalue weighted by Crippen LogP contribution is -2.37. The summed E-state index contributed by atoms with van der Waals surface area (Å²) in [5.74, 6) is -0.336. The molecule has 9 heteroatoms. The van der Waals surface area contributed by atoms with E-state index in [-0.39, 0.29) is 25.8 Å². The molecular weight excluding hydrogens is 794 g/mol. The first-order valence-electron chi connectivity index (χ1n) is 25.5. The molecule has 0 aromatic heterocycles. The van der Waals surface area contributed by atoms with Crippen LogP contribution in [-0.4, -0.2) is 70.7 Å². The molecule has 0 bridgehead atoms. The minimum Gasteiger partial charge on any atom is -0.756 e. The highest BCUT2D eigenvalue weighted by atomic mass is 31.2. The van der Waals surface area contributed by atoms with Crippen LogP contribution >= 0.6 is 7.82 Å². The Hall–Kier alpha value is -1.80. The second-order valence-corrected chi connectivity index (χ2v) is 19.6. The molecule has 0 aliphatic heterocycles. The molecule has 0 rings (SSSR count). The molecule has 0 aliphatic carbocycles. The molecule has 0 aromatic carbocycles. The van der Waals surface area contributed by atoms with Crippen molar-refractivity contribution in [1.29, 1.82) is 0 Å². The molecule has 2 atom stereocenters. The van der Waals surface area contributed by atoms with E-state index in [0.29, 0.717) is 24.1 Å². The van der Waals surface area contributed by atoms with Gasteiger partial charge in [0.1, 0.15) is 19.3 Å². The molecule has 362 valence electrons. The summed E-state index contributed by atoms with van der Waals surface area (Å²) in [5, 5.41) is 0. The number of phosphoric ester groups is 1. The van der Waals surface area contributed by atoms with Gasteiger partial charge in [-0.25, -0.2) is 0 Å². The third-order valence-electron chi connectivity index (χ3n) is 10.8. The van der Waals surface area contributed by atoms with Gasteiger partial charge in [0.2, 0.25) is 0 Å². The zero-order valence-electron chi connectivity index (χ0n) is 41.1. The molecule has 0 radical (unpaired) electrons. The van der Waals surface area contributed by atoms with E-state index in [1.54, 1.807) is 0 Å². The molecule has 62 heavy (non-hydrogen) atoms. The number of quaternary nitrogens is 1. The third-order valence-corrected chi connectivity index (χ3v) is 11.8. The highest BCUT2D eigenvalue weighted by molar-refractivity contribution is 7.45. The summed E-state index contributed by atoms with van der Waals surface area (Å²) in [6, 6.07) is 0. The van der Waals surface area contributed by atoms with E-state index in [9.17, 15) is 14.3 Å². The Labute approximate surface area is 383 Å². The van der Waals surface area contributed by atoms with Crippen LogP contribution in [0.15, 0.2) is 60.8 Å². The molecule has 2 unspecified atom stereocenters. The Morgan fingerprint density at radius 2 is 0.935 bits per heavy atom. The lowest BCUT2D eigenvalue weighted by atomic mass is 10.0. The van der Waals surface area contributed by atoms with Gasteiger partial charge in [0.25, 0.3) is 7.82 Å². The Morgan fingerprint density at radius 3 is 1.40 bits per heavy atom. The van der Waals surface area contributed by atoms with E-state index in [0.717, 1.165) is 70.6 Å². The number of ether oxygens (including phenoxy) is 2. The Kier molecular flexibility index (Phi) is 44.4. The fourth-order valence-electron chi connectivity index (χ4n) is 6.93. The summed E-state index contributed by atoms with van der Waals surface area (Å²) >= 11 is 0. The quantitative estimate of drug-likeness (QED) is 0.0197. The van der Waals surface area contributed by atoms with Gasteiger partial charge in [-0.15, -0.1) is 0 Å². The summed E-state index contributed by atoms with van der Waals surface area (Å²) in [4.78, 5) is 25.2. The Morgan fingerprint density at radius 1 is 0.516 bits per heavy atom. The minimum atomic E-state index is -4.53. The number of hydrogen-bond donors (Lipinski definition) is 0. The van der Waals surface area contributed by atoms with Crippen molar-refractivity contribution >= 4 is 13.8 Å². The van der Waals surface area contributed by atoms with Crippen molar-refractivity contribution in [2.45, 2.75) is 219 Å². The topological polar surface area (TPSA) is 94.1 Å². The molecule has 0 spiro atoms. The van der Waals surface area contributed by atoms with Crippen molar-refractivity contribution in [3.63, 3.8) is 0 Å². The van der Waals surface area contributed by atoms with E-state index < -0.39 is 13.9 Å². The largest absolute Gasteiger partial charge is 0.756 e. The molecule has 0 saturated heterocycles. The van der Waals surface area contributed by atoms with E-state index in [2.05, 4.69) is 74.6 Å². The van der Waals surface area contributed by atoms with Gasteiger partial charge in [0.15, 0.2) is 0 Å². The van der Waals surface area contributed by atoms with Crippen molar-refractivity contribution in [2.24, 2.45) is 0 Å². The van der Waals surface area contributed by atoms with E-state index in [1.807, 2.05) is 21.1 Å². The number of likely N-dealkylation sites (N-methyl/N-ethyl adjacent to an activating group) is 1. The summed E-state index contributed by atoms with van der Waals surface area (Å²) < 4.78 is 34.7. The number of unbranched alkanes of at least 4 members (excludes halogenated alkanes) is 23. The van der Waals surface area contributed by atoms with Gasteiger partial charge in [-0.3, -0.25) is 9.36 Å². The highest BCUT2D eigenvalue weighted by Crippen LogP contribution is 2.38. The zero-order valence-corrected chi connectivity index (χ0v) is 42.0. The van der Waals surface area contributed by atoms with Crippen molar-refractivity contribution in [3.8, 4) is 0 Å². The summed E-state index contributed by atoms with van der Waals surface area (Å²) in [6.45, 7) is 5.30. The predicted molar refractivity (Wildman–Crippen MR) is 263 cm³/mol. The molecular formula is C53H98NO7P. The van der Waals surface area contributed by atoms with Crippen LogP contribution in [0.3, 0.4) is 0 Å². The van der Waals surface area contributed by atoms with Crippen LogP contribution in [-0.2, 0) is 27.9 Å². The van der Waals surface area contributed by atoms with Crippen LogP contribution in [0.4, 0.5) is 0 Å². The first-order valence-corrected chi connectivity index (χ1v) is 27.0. The van der Waals surface area contributed by atoms with Crippen LogP contribution in [0.2, 0.25) is 0 Å². The van der Waals surface area contributed by atoms with Crippen LogP contribution in [0.25, 0.3) is 0 Å². The number of phosphoric acid groups is 1. The normalized spacial score (nSPS) is 14.1. The van der Waals surface area contributed by atoms with Gasteiger partial charge >= 0.3 is 5.97 Å². The number of hydrogen-bond acceptors (Lipinski definition) is 7. The van der Waals surface area contributed by atoms with Crippen LogP contribution < -0.4 is 4.89 Å². The van der Waals surface area contributed by atoms with Gasteiger partial charge in [0.05, 0.1) is 34.4 Å². The second kappa shape index (κ2) is 45.8. The Balaban J connectivity index is 4.15. The average Bonchev–Trinajstić information content (AvgIpc) is 3.23. The standard InChI is InChI=1S/C53H98NO7P/c1-6-8-10-12-14-16-18-20-22-24-25-26-27-28-29-30-31-33-35-37-39-41-43-45-48-58-50-52(51-60-62(56,57)59-49-47-54(3,4)5)61-53(55)46-44-42-40-38-36-34-32-23-21-19-17-15-13-11-9-7-2/h8,10,14,16,20,22,25-26,28-29,52H,6-7,9,11-13,15,17-19,21,23-24,27,30-51H2,1-5H3/b10-8-,16-14-,22-20-,26-25-,29-28-. The van der Waals surface area contributed by atoms with Crippen LogP contribution in [0, 0.1) is 0 Å². The number of nitrogens with zero attached hydrogens (tertiary/aromatic N) is 1. The van der Waals surface area contributed by atoms with E-state index in [4.69, 9.17) is 18.5 Å². The van der Waals surface area contributed by atoms with Crippen molar-refractivity contribution in [1.82, 2.24) is 0 Å². The maximum Gasteiger partial charge on any atom is 0.306 e. The molecule has 0 heterocycles. The number of rotatable bonds is 47. The lowest BCUT2D eigenvalue weighted by molar-refractivity contribution is -0.870. The first kappa shape index (κ1) is 60.2. The molecule has 0 N–H and O–H groups in total. The van der Waals surface area contributed by atoms with Gasteiger partial charge in [-0.05, 0) is 57.8 Å². The summed E-state index contributed by atoms with van der Waals surface area (Å²) in [6.07, 6.45) is 58.1. The van der Waals surface area contributed by atoms with E-state index in [1.165, 1.54) is 122 Å². The number of carbonyl (C=O) groups is 1. The van der Waals surface area contributed by atoms with Gasteiger partial charge in [-0.1, -0.05) is 209 Å². The maximum atomic E-state index is 12.7.